The molecule has 0 radical (unpaired) electrons. The van der Waals surface area contributed by atoms with Crippen molar-refractivity contribution in [2.75, 3.05) is 0 Å². The second-order valence-corrected chi connectivity index (χ2v) is 2.77. The van der Waals surface area contributed by atoms with E-state index in [0.717, 1.165) is 5.69 Å². The first-order valence-electron chi connectivity index (χ1n) is 4.07. The van der Waals surface area contributed by atoms with Gasteiger partial charge in [0, 0.05) is 5.56 Å². The number of amidine groups is 1. The van der Waals surface area contributed by atoms with E-state index in [1.54, 1.807) is 17.1 Å². The Bertz CT molecular complexity index is 446. The van der Waals surface area contributed by atoms with E-state index in [1.807, 2.05) is 18.2 Å². The van der Waals surface area contributed by atoms with Crippen molar-refractivity contribution in [3.8, 4) is 5.69 Å². The van der Waals surface area contributed by atoms with E-state index in [9.17, 15) is 0 Å². The van der Waals surface area contributed by atoms with Crippen LogP contribution in [0.2, 0.25) is 0 Å². The van der Waals surface area contributed by atoms with Gasteiger partial charge in [-0.25, -0.2) is 9.67 Å². The van der Waals surface area contributed by atoms with E-state index < -0.39 is 0 Å². The van der Waals surface area contributed by atoms with Crippen LogP contribution in [0.25, 0.3) is 5.69 Å². The normalized spacial score (nSPS) is 10.0. The minimum absolute atomic E-state index is 0.0242. The molecule has 2 aromatic rings. The van der Waals surface area contributed by atoms with Crippen molar-refractivity contribution in [2.45, 2.75) is 0 Å². The van der Waals surface area contributed by atoms with E-state index in [4.69, 9.17) is 11.1 Å². The largest absolute Gasteiger partial charge is 0.384 e. The smallest absolute Gasteiger partial charge is 0.138 e. The number of para-hydroxylation sites is 1. The van der Waals surface area contributed by atoms with Crippen LogP contribution in [0, 0.1) is 5.41 Å². The number of nitrogens with zero attached hydrogens (tertiary/aromatic N) is 3. The minimum atomic E-state index is 0.0242. The van der Waals surface area contributed by atoms with Crippen molar-refractivity contribution < 1.29 is 0 Å². The maximum atomic E-state index is 7.39. The average molecular weight is 187 g/mol. The highest BCUT2D eigenvalue weighted by molar-refractivity contribution is 5.98. The van der Waals surface area contributed by atoms with Gasteiger partial charge in [0.2, 0.25) is 0 Å². The molecule has 0 aliphatic carbocycles. The predicted molar refractivity (Wildman–Crippen MR) is 52.4 cm³/mol. The number of nitrogens with one attached hydrogen (secondary N) is 1. The van der Waals surface area contributed by atoms with Gasteiger partial charge in [0.1, 0.15) is 18.5 Å². The van der Waals surface area contributed by atoms with E-state index in [-0.39, 0.29) is 5.84 Å². The van der Waals surface area contributed by atoms with Crippen molar-refractivity contribution >= 4 is 5.84 Å². The molecule has 0 saturated carbocycles. The molecular formula is C9H9N5. The van der Waals surface area contributed by atoms with E-state index in [1.165, 1.54) is 6.33 Å². The SMILES string of the molecule is N=C(N)c1ccccc1-n1cncn1. The summed E-state index contributed by atoms with van der Waals surface area (Å²) in [6, 6.07) is 7.31. The molecular weight excluding hydrogens is 178 g/mol. The number of hydrogen-bond donors (Lipinski definition) is 2. The van der Waals surface area contributed by atoms with Gasteiger partial charge in [0.15, 0.2) is 0 Å². The molecule has 1 aromatic heterocycles. The van der Waals surface area contributed by atoms with Gasteiger partial charge in [-0.1, -0.05) is 12.1 Å². The Morgan fingerprint density at radius 3 is 2.79 bits per heavy atom. The zero-order valence-electron chi connectivity index (χ0n) is 7.38. The molecule has 3 N–H and O–H groups in total. The maximum absolute atomic E-state index is 7.39. The summed E-state index contributed by atoms with van der Waals surface area (Å²) in [6.07, 6.45) is 3.01. The number of aromatic nitrogens is 3. The Balaban J connectivity index is 2.58. The molecule has 5 nitrogen and oxygen atoms in total. The third kappa shape index (κ3) is 1.35. The van der Waals surface area contributed by atoms with Crippen molar-refractivity contribution in [2.24, 2.45) is 5.73 Å². The van der Waals surface area contributed by atoms with Crippen molar-refractivity contribution in [1.29, 1.82) is 5.41 Å². The van der Waals surface area contributed by atoms with Crippen LogP contribution in [0.15, 0.2) is 36.9 Å². The number of nitrogen functional groups attached to an aromatic ring is 1. The molecule has 70 valence electrons. The Morgan fingerprint density at radius 2 is 2.14 bits per heavy atom. The average Bonchev–Trinajstić information content (AvgIpc) is 2.70. The first-order chi connectivity index (χ1) is 6.79. The molecule has 0 saturated heterocycles. The van der Waals surface area contributed by atoms with Crippen LogP contribution in [0.3, 0.4) is 0 Å². The molecule has 0 bridgehead atoms. The van der Waals surface area contributed by atoms with Crippen LogP contribution in [0.4, 0.5) is 0 Å². The first-order valence-corrected chi connectivity index (χ1v) is 4.07. The van der Waals surface area contributed by atoms with Gasteiger partial charge in [0.25, 0.3) is 0 Å². The lowest BCUT2D eigenvalue weighted by atomic mass is 10.1. The highest BCUT2D eigenvalue weighted by atomic mass is 15.3. The Hall–Kier alpha value is -2.17. The fourth-order valence-corrected chi connectivity index (χ4v) is 1.23. The second kappa shape index (κ2) is 3.29. The molecule has 5 heteroatoms. The van der Waals surface area contributed by atoms with Gasteiger partial charge >= 0.3 is 0 Å². The van der Waals surface area contributed by atoms with Gasteiger partial charge in [-0.3, -0.25) is 5.41 Å². The Labute approximate surface area is 80.7 Å². The van der Waals surface area contributed by atoms with Gasteiger partial charge < -0.3 is 5.73 Å². The number of nitrogens with two attached hydrogens (primary N) is 1. The molecule has 0 aliphatic rings. The molecule has 0 aliphatic heterocycles. The lowest BCUT2D eigenvalue weighted by Gasteiger charge is -2.06. The monoisotopic (exact) mass is 187 g/mol. The van der Waals surface area contributed by atoms with E-state index in [2.05, 4.69) is 10.1 Å². The van der Waals surface area contributed by atoms with Crippen molar-refractivity contribution in [3.05, 3.63) is 42.5 Å². The molecule has 0 unspecified atom stereocenters. The third-order valence-electron chi connectivity index (χ3n) is 1.86. The van der Waals surface area contributed by atoms with Crippen molar-refractivity contribution in [3.63, 3.8) is 0 Å². The summed E-state index contributed by atoms with van der Waals surface area (Å²) < 4.78 is 1.58. The Morgan fingerprint density at radius 1 is 1.36 bits per heavy atom. The van der Waals surface area contributed by atoms with Crippen LogP contribution >= 0.6 is 0 Å². The quantitative estimate of drug-likeness (QED) is 0.532. The zero-order valence-corrected chi connectivity index (χ0v) is 7.38. The molecule has 0 amide bonds. The fraction of sp³-hybridized carbons (Fsp3) is 0. The fourth-order valence-electron chi connectivity index (χ4n) is 1.23. The third-order valence-corrected chi connectivity index (χ3v) is 1.86. The lowest BCUT2D eigenvalue weighted by Crippen LogP contribution is -2.14. The first kappa shape index (κ1) is 8.43. The summed E-state index contributed by atoms with van der Waals surface area (Å²) in [6.45, 7) is 0. The van der Waals surface area contributed by atoms with Crippen LogP contribution in [-0.4, -0.2) is 20.6 Å². The summed E-state index contributed by atoms with van der Waals surface area (Å²) in [5.41, 5.74) is 6.85. The number of rotatable bonds is 2. The molecule has 1 aromatic carbocycles. The van der Waals surface area contributed by atoms with Gasteiger partial charge in [-0.15, -0.1) is 0 Å². The highest BCUT2D eigenvalue weighted by Gasteiger charge is 2.05. The maximum Gasteiger partial charge on any atom is 0.138 e. The standard InChI is InChI=1S/C9H9N5/c10-9(11)7-3-1-2-4-8(7)14-6-12-5-13-14/h1-6H,(H3,10,11). The molecule has 14 heavy (non-hydrogen) atoms. The molecule has 1 heterocycles. The highest BCUT2D eigenvalue weighted by Crippen LogP contribution is 2.11. The van der Waals surface area contributed by atoms with Crippen LogP contribution in [-0.2, 0) is 0 Å². The van der Waals surface area contributed by atoms with Gasteiger partial charge in [0.05, 0.1) is 5.69 Å². The van der Waals surface area contributed by atoms with Crippen molar-refractivity contribution in [1.82, 2.24) is 14.8 Å². The summed E-state index contributed by atoms with van der Waals surface area (Å²) in [7, 11) is 0. The topological polar surface area (TPSA) is 80.6 Å². The molecule has 0 spiro atoms. The molecule has 0 atom stereocenters. The van der Waals surface area contributed by atoms with E-state index in [0.29, 0.717) is 5.56 Å². The van der Waals surface area contributed by atoms with Gasteiger partial charge in [-0.05, 0) is 12.1 Å². The predicted octanol–water partition coefficient (Wildman–Crippen LogP) is 0.551. The summed E-state index contributed by atoms with van der Waals surface area (Å²) in [5, 5.41) is 11.4. The number of benzene rings is 1. The summed E-state index contributed by atoms with van der Waals surface area (Å²) in [4.78, 5) is 3.84. The Kier molecular flexibility index (Phi) is 1.98. The minimum Gasteiger partial charge on any atom is -0.384 e. The molecule has 0 fully saturated rings. The van der Waals surface area contributed by atoms with E-state index >= 15 is 0 Å². The second-order valence-electron chi connectivity index (χ2n) is 2.77. The van der Waals surface area contributed by atoms with Crippen LogP contribution in [0.1, 0.15) is 5.56 Å². The van der Waals surface area contributed by atoms with Gasteiger partial charge in [-0.2, -0.15) is 5.10 Å². The molecule has 2 rings (SSSR count). The summed E-state index contributed by atoms with van der Waals surface area (Å²) in [5.74, 6) is 0.0242. The van der Waals surface area contributed by atoms with Crippen LogP contribution in [0.5, 0.6) is 0 Å². The van der Waals surface area contributed by atoms with Crippen LogP contribution < -0.4 is 5.73 Å². The number of hydrogen-bond acceptors (Lipinski definition) is 3. The lowest BCUT2D eigenvalue weighted by molar-refractivity contribution is 0.876. The summed E-state index contributed by atoms with van der Waals surface area (Å²) >= 11 is 0. The zero-order chi connectivity index (χ0) is 9.97.